The van der Waals surface area contributed by atoms with Gasteiger partial charge in [0, 0.05) is 18.3 Å². The highest BCUT2D eigenvalue weighted by Gasteiger charge is 2.10. The van der Waals surface area contributed by atoms with Crippen molar-refractivity contribution in [3.05, 3.63) is 71.9 Å². The van der Waals surface area contributed by atoms with Crippen LogP contribution in [0.5, 0.6) is 0 Å². The number of hydrogen-bond acceptors (Lipinski definition) is 6. The van der Waals surface area contributed by atoms with Crippen LogP contribution < -0.4 is 16.0 Å². The molecule has 0 saturated carbocycles. The van der Waals surface area contributed by atoms with Crippen molar-refractivity contribution in [3.8, 4) is 6.07 Å². The fourth-order valence-electron chi connectivity index (χ4n) is 2.38. The van der Waals surface area contributed by atoms with E-state index >= 15 is 0 Å². The van der Waals surface area contributed by atoms with Gasteiger partial charge in [0.05, 0.1) is 11.3 Å². The minimum atomic E-state index is -0.413. The molecule has 28 heavy (non-hydrogen) atoms. The second kappa shape index (κ2) is 8.42. The fraction of sp³-hybridized carbons (Fsp3) is 0.0500. The van der Waals surface area contributed by atoms with E-state index in [4.69, 9.17) is 5.26 Å². The molecule has 3 rings (SSSR count). The summed E-state index contributed by atoms with van der Waals surface area (Å²) < 4.78 is 0. The van der Waals surface area contributed by atoms with Gasteiger partial charge < -0.3 is 16.0 Å². The minimum Gasteiger partial charge on any atom is -0.338 e. The molecule has 0 radical (unpaired) electrons. The molecule has 0 saturated heterocycles. The Morgan fingerprint density at radius 2 is 1.57 bits per heavy atom. The summed E-state index contributed by atoms with van der Waals surface area (Å²) in [6.07, 6.45) is 0. The fourth-order valence-corrected chi connectivity index (χ4v) is 2.38. The van der Waals surface area contributed by atoms with Crippen LogP contribution in [0.3, 0.4) is 0 Å². The lowest BCUT2D eigenvalue weighted by molar-refractivity contribution is -0.114. The van der Waals surface area contributed by atoms with E-state index in [0.717, 1.165) is 0 Å². The average Bonchev–Trinajstić information content (AvgIpc) is 2.70. The SMILES string of the molecule is CC(=O)Nc1ccc(NC(=O)c2ccc(Nc3ccccc3C#N)nn2)cc1. The number of rotatable bonds is 5. The Hall–Kier alpha value is -4.25. The maximum atomic E-state index is 12.3. The number of aromatic nitrogens is 2. The monoisotopic (exact) mass is 372 g/mol. The number of carbonyl (C=O) groups excluding carboxylic acids is 2. The van der Waals surface area contributed by atoms with E-state index in [1.165, 1.54) is 13.0 Å². The molecule has 2 aromatic carbocycles. The zero-order valence-corrected chi connectivity index (χ0v) is 14.9. The van der Waals surface area contributed by atoms with Crippen LogP contribution in [0, 0.1) is 11.3 Å². The molecule has 8 heteroatoms. The Bertz CT molecular complexity index is 1040. The molecule has 0 spiro atoms. The number of anilines is 4. The van der Waals surface area contributed by atoms with Crippen molar-refractivity contribution in [2.24, 2.45) is 0 Å². The van der Waals surface area contributed by atoms with E-state index in [0.29, 0.717) is 28.4 Å². The molecule has 2 amide bonds. The lowest BCUT2D eigenvalue weighted by Crippen LogP contribution is -2.14. The molecule has 1 aromatic heterocycles. The highest BCUT2D eigenvalue weighted by molar-refractivity contribution is 6.03. The lowest BCUT2D eigenvalue weighted by atomic mass is 10.2. The summed E-state index contributed by atoms with van der Waals surface area (Å²) >= 11 is 0. The van der Waals surface area contributed by atoms with E-state index in [9.17, 15) is 9.59 Å². The predicted molar refractivity (Wildman–Crippen MR) is 105 cm³/mol. The van der Waals surface area contributed by atoms with Crippen molar-refractivity contribution in [3.63, 3.8) is 0 Å². The molecule has 3 N–H and O–H groups in total. The van der Waals surface area contributed by atoms with E-state index in [1.54, 1.807) is 54.6 Å². The van der Waals surface area contributed by atoms with Gasteiger partial charge in [-0.15, -0.1) is 10.2 Å². The van der Waals surface area contributed by atoms with Gasteiger partial charge in [-0.05, 0) is 48.5 Å². The summed E-state index contributed by atoms with van der Waals surface area (Å²) in [5, 5.41) is 25.4. The highest BCUT2D eigenvalue weighted by Crippen LogP contribution is 2.19. The maximum absolute atomic E-state index is 12.3. The maximum Gasteiger partial charge on any atom is 0.276 e. The van der Waals surface area contributed by atoms with Crippen LogP contribution in [0.4, 0.5) is 22.9 Å². The predicted octanol–water partition coefficient (Wildman–Crippen LogP) is 3.30. The molecule has 0 fully saturated rings. The van der Waals surface area contributed by atoms with E-state index in [1.807, 2.05) is 0 Å². The molecule has 0 atom stereocenters. The minimum absolute atomic E-state index is 0.144. The molecular weight excluding hydrogens is 356 g/mol. The summed E-state index contributed by atoms with van der Waals surface area (Å²) in [6.45, 7) is 1.42. The van der Waals surface area contributed by atoms with Crippen LogP contribution in [0.15, 0.2) is 60.7 Å². The Kier molecular flexibility index (Phi) is 5.58. The first-order valence-electron chi connectivity index (χ1n) is 8.34. The van der Waals surface area contributed by atoms with Crippen LogP contribution in [0.25, 0.3) is 0 Å². The van der Waals surface area contributed by atoms with Crippen molar-refractivity contribution >= 4 is 34.7 Å². The molecule has 1 heterocycles. The van der Waals surface area contributed by atoms with Crippen LogP contribution >= 0.6 is 0 Å². The number of nitrogens with zero attached hydrogens (tertiary/aromatic N) is 3. The third-order valence-electron chi connectivity index (χ3n) is 3.67. The summed E-state index contributed by atoms with van der Waals surface area (Å²) in [5.74, 6) is -0.166. The molecular formula is C20H16N6O2. The first-order chi connectivity index (χ1) is 13.5. The van der Waals surface area contributed by atoms with Crippen molar-refractivity contribution in [2.45, 2.75) is 6.92 Å². The smallest absolute Gasteiger partial charge is 0.276 e. The average molecular weight is 372 g/mol. The zero-order valence-electron chi connectivity index (χ0n) is 14.9. The van der Waals surface area contributed by atoms with Crippen molar-refractivity contribution in [1.29, 1.82) is 5.26 Å². The first-order valence-corrected chi connectivity index (χ1v) is 8.34. The quantitative estimate of drug-likeness (QED) is 0.632. The van der Waals surface area contributed by atoms with Crippen LogP contribution in [-0.2, 0) is 4.79 Å². The second-order valence-corrected chi connectivity index (χ2v) is 5.80. The van der Waals surface area contributed by atoms with Crippen LogP contribution in [0.1, 0.15) is 23.0 Å². The number of hydrogen-bond donors (Lipinski definition) is 3. The molecule has 0 aliphatic rings. The number of amides is 2. The van der Waals surface area contributed by atoms with Gasteiger partial charge in [0.25, 0.3) is 5.91 Å². The standard InChI is InChI=1S/C20H16N6O2/c1-13(27)22-15-6-8-16(9-7-15)23-20(28)18-10-11-19(26-25-18)24-17-5-3-2-4-14(17)12-21/h2-11H,1H3,(H,22,27)(H,23,28)(H,24,26). The summed E-state index contributed by atoms with van der Waals surface area (Å²) in [7, 11) is 0. The number of nitrogens with one attached hydrogen (secondary N) is 3. The molecule has 3 aromatic rings. The third kappa shape index (κ3) is 4.68. The normalized spacial score (nSPS) is 9.86. The number of carbonyl (C=O) groups is 2. The summed E-state index contributed by atoms with van der Waals surface area (Å²) in [4.78, 5) is 23.3. The van der Waals surface area contributed by atoms with Gasteiger partial charge in [-0.1, -0.05) is 12.1 Å². The van der Waals surface area contributed by atoms with Gasteiger partial charge in [-0.3, -0.25) is 9.59 Å². The van der Waals surface area contributed by atoms with E-state index < -0.39 is 5.91 Å². The molecule has 0 aliphatic heterocycles. The zero-order chi connectivity index (χ0) is 19.9. The van der Waals surface area contributed by atoms with E-state index in [2.05, 4.69) is 32.2 Å². The molecule has 138 valence electrons. The Morgan fingerprint density at radius 3 is 2.18 bits per heavy atom. The van der Waals surface area contributed by atoms with Gasteiger partial charge in [0.15, 0.2) is 11.5 Å². The summed E-state index contributed by atoms with van der Waals surface area (Å²) in [6, 6.07) is 19.0. The third-order valence-corrected chi connectivity index (χ3v) is 3.67. The highest BCUT2D eigenvalue weighted by atomic mass is 16.2. The second-order valence-electron chi connectivity index (χ2n) is 5.80. The van der Waals surface area contributed by atoms with Gasteiger partial charge >= 0.3 is 0 Å². The summed E-state index contributed by atoms with van der Waals surface area (Å²) in [5.41, 5.74) is 2.43. The largest absolute Gasteiger partial charge is 0.338 e. The van der Waals surface area contributed by atoms with Crippen LogP contribution in [0.2, 0.25) is 0 Å². The van der Waals surface area contributed by atoms with Crippen molar-refractivity contribution in [1.82, 2.24) is 10.2 Å². The van der Waals surface area contributed by atoms with Crippen LogP contribution in [-0.4, -0.2) is 22.0 Å². The first kappa shape index (κ1) is 18.5. The Morgan fingerprint density at radius 1 is 0.893 bits per heavy atom. The van der Waals surface area contributed by atoms with Gasteiger partial charge in [-0.2, -0.15) is 5.26 Å². The lowest BCUT2D eigenvalue weighted by Gasteiger charge is -2.08. The molecule has 0 aliphatic carbocycles. The molecule has 8 nitrogen and oxygen atoms in total. The topological polar surface area (TPSA) is 120 Å². The van der Waals surface area contributed by atoms with Gasteiger partial charge in [-0.25, -0.2) is 0 Å². The number of para-hydroxylation sites is 1. The van der Waals surface area contributed by atoms with Gasteiger partial charge in [0.2, 0.25) is 5.91 Å². The molecule has 0 bridgehead atoms. The number of nitriles is 1. The van der Waals surface area contributed by atoms with Gasteiger partial charge in [0.1, 0.15) is 6.07 Å². The Labute approximate surface area is 161 Å². The van der Waals surface area contributed by atoms with Crippen molar-refractivity contribution in [2.75, 3.05) is 16.0 Å². The Balaban J connectivity index is 1.65. The van der Waals surface area contributed by atoms with E-state index in [-0.39, 0.29) is 11.6 Å². The number of benzene rings is 2. The molecule has 0 unspecified atom stereocenters. The van der Waals surface area contributed by atoms with Crippen molar-refractivity contribution < 1.29 is 9.59 Å².